The third kappa shape index (κ3) is 3.35. The molecule has 1 aromatic carbocycles. The Morgan fingerprint density at radius 3 is 2.74 bits per heavy atom. The van der Waals surface area contributed by atoms with Crippen molar-refractivity contribution in [2.24, 2.45) is 5.92 Å². The van der Waals surface area contributed by atoms with Gasteiger partial charge in [0.2, 0.25) is 0 Å². The van der Waals surface area contributed by atoms with Gasteiger partial charge in [-0.25, -0.2) is 0 Å². The number of carbonyl (C=O) groups is 1. The van der Waals surface area contributed by atoms with Crippen LogP contribution in [0, 0.1) is 5.92 Å². The Kier molecular flexibility index (Phi) is 4.60. The van der Waals surface area contributed by atoms with Crippen LogP contribution in [0.3, 0.4) is 0 Å². The molecular formula is C16H18Cl2N4O. The van der Waals surface area contributed by atoms with Crippen molar-refractivity contribution in [3.05, 3.63) is 45.5 Å². The molecule has 0 fully saturated rings. The van der Waals surface area contributed by atoms with Gasteiger partial charge in [0.1, 0.15) is 5.82 Å². The molecule has 0 saturated heterocycles. The van der Waals surface area contributed by atoms with E-state index in [1.807, 2.05) is 0 Å². The van der Waals surface area contributed by atoms with Crippen molar-refractivity contribution in [3.63, 3.8) is 0 Å². The van der Waals surface area contributed by atoms with E-state index in [1.54, 1.807) is 23.1 Å². The Morgan fingerprint density at radius 2 is 2.04 bits per heavy atom. The average Bonchev–Trinajstić information content (AvgIpc) is 2.88. The third-order valence-electron chi connectivity index (χ3n) is 3.87. The molecule has 0 radical (unpaired) electrons. The molecule has 1 aromatic heterocycles. The molecule has 2 heterocycles. The molecule has 0 unspecified atom stereocenters. The van der Waals surface area contributed by atoms with Gasteiger partial charge in [0, 0.05) is 24.5 Å². The molecule has 0 spiro atoms. The third-order valence-corrected chi connectivity index (χ3v) is 4.42. The van der Waals surface area contributed by atoms with Gasteiger partial charge in [0.15, 0.2) is 5.82 Å². The van der Waals surface area contributed by atoms with E-state index in [9.17, 15) is 4.79 Å². The Morgan fingerprint density at radius 1 is 1.26 bits per heavy atom. The lowest BCUT2D eigenvalue weighted by atomic mass is 10.1. The minimum absolute atomic E-state index is 0.105. The second kappa shape index (κ2) is 6.49. The van der Waals surface area contributed by atoms with E-state index in [1.165, 1.54) is 0 Å². The molecule has 1 aliphatic rings. The number of carbonyl (C=O) groups excluding carboxylic acids is 1. The number of nitrogens with zero attached hydrogens (tertiary/aromatic N) is 4. The van der Waals surface area contributed by atoms with E-state index < -0.39 is 0 Å². The van der Waals surface area contributed by atoms with Crippen LogP contribution in [0.2, 0.25) is 10.0 Å². The van der Waals surface area contributed by atoms with Crippen LogP contribution >= 0.6 is 23.2 Å². The quantitative estimate of drug-likeness (QED) is 0.849. The lowest BCUT2D eigenvalue weighted by Gasteiger charge is -2.28. The highest BCUT2D eigenvalue weighted by Crippen LogP contribution is 2.24. The largest absolute Gasteiger partial charge is 0.329 e. The summed E-state index contributed by atoms with van der Waals surface area (Å²) in [5.74, 6) is 2.24. The first-order valence-electron chi connectivity index (χ1n) is 7.61. The summed E-state index contributed by atoms with van der Waals surface area (Å²) in [6.07, 6.45) is 0.893. The predicted octanol–water partition coefficient (Wildman–Crippen LogP) is 3.44. The first-order chi connectivity index (χ1) is 11.0. The summed E-state index contributed by atoms with van der Waals surface area (Å²) in [6.45, 7) is 6.09. The SMILES string of the molecule is CC(C)Cc1nnc2n1CCN(C(=O)c1ccc(Cl)cc1Cl)C2. The molecule has 5 nitrogen and oxygen atoms in total. The number of hydrogen-bond donors (Lipinski definition) is 0. The van der Waals surface area contributed by atoms with Crippen LogP contribution in [-0.4, -0.2) is 32.1 Å². The molecule has 1 amide bonds. The number of hydrogen-bond acceptors (Lipinski definition) is 3. The second-order valence-corrected chi connectivity index (χ2v) is 6.98. The zero-order valence-corrected chi connectivity index (χ0v) is 14.6. The Bertz CT molecular complexity index is 742. The van der Waals surface area contributed by atoms with E-state index in [-0.39, 0.29) is 5.91 Å². The van der Waals surface area contributed by atoms with Gasteiger partial charge in [0.25, 0.3) is 5.91 Å². The molecule has 23 heavy (non-hydrogen) atoms. The van der Waals surface area contributed by atoms with Crippen LogP contribution in [0.4, 0.5) is 0 Å². The van der Waals surface area contributed by atoms with Crippen LogP contribution in [-0.2, 0) is 19.5 Å². The average molecular weight is 353 g/mol. The van der Waals surface area contributed by atoms with E-state index in [0.29, 0.717) is 41.2 Å². The van der Waals surface area contributed by atoms with Crippen LogP contribution in [0.5, 0.6) is 0 Å². The first-order valence-corrected chi connectivity index (χ1v) is 8.36. The monoisotopic (exact) mass is 352 g/mol. The highest BCUT2D eigenvalue weighted by Gasteiger charge is 2.26. The fourth-order valence-electron chi connectivity index (χ4n) is 2.74. The Balaban J connectivity index is 1.79. The number of aromatic nitrogens is 3. The normalized spacial score (nSPS) is 14.2. The highest BCUT2D eigenvalue weighted by atomic mass is 35.5. The van der Waals surface area contributed by atoms with Gasteiger partial charge in [0.05, 0.1) is 17.1 Å². The van der Waals surface area contributed by atoms with Crippen molar-refractivity contribution in [2.45, 2.75) is 33.4 Å². The van der Waals surface area contributed by atoms with Gasteiger partial charge in [-0.3, -0.25) is 4.79 Å². The molecule has 0 atom stereocenters. The molecule has 0 saturated carbocycles. The molecular weight excluding hydrogens is 335 g/mol. The van der Waals surface area contributed by atoms with E-state index >= 15 is 0 Å². The van der Waals surface area contributed by atoms with Crippen molar-refractivity contribution in [2.75, 3.05) is 6.54 Å². The first kappa shape index (κ1) is 16.3. The maximum absolute atomic E-state index is 12.7. The number of halogens is 2. The van der Waals surface area contributed by atoms with Gasteiger partial charge in [-0.05, 0) is 24.1 Å². The fourth-order valence-corrected chi connectivity index (χ4v) is 3.23. The van der Waals surface area contributed by atoms with Crippen LogP contribution in [0.15, 0.2) is 18.2 Å². The zero-order chi connectivity index (χ0) is 16.6. The molecule has 2 aromatic rings. The minimum Gasteiger partial charge on any atom is -0.329 e. The topological polar surface area (TPSA) is 51.0 Å². The zero-order valence-electron chi connectivity index (χ0n) is 13.1. The van der Waals surface area contributed by atoms with Gasteiger partial charge in [-0.2, -0.15) is 0 Å². The lowest BCUT2D eigenvalue weighted by molar-refractivity contribution is 0.0706. The van der Waals surface area contributed by atoms with E-state index in [0.717, 1.165) is 18.1 Å². The second-order valence-electron chi connectivity index (χ2n) is 6.13. The molecule has 122 valence electrons. The van der Waals surface area contributed by atoms with Crippen molar-refractivity contribution in [1.29, 1.82) is 0 Å². The number of rotatable bonds is 3. The van der Waals surface area contributed by atoms with Crippen molar-refractivity contribution < 1.29 is 4.79 Å². The maximum Gasteiger partial charge on any atom is 0.255 e. The smallest absolute Gasteiger partial charge is 0.255 e. The van der Waals surface area contributed by atoms with Gasteiger partial charge >= 0.3 is 0 Å². The molecule has 0 bridgehead atoms. The van der Waals surface area contributed by atoms with E-state index in [4.69, 9.17) is 23.2 Å². The summed E-state index contributed by atoms with van der Waals surface area (Å²) in [5.41, 5.74) is 0.464. The molecule has 0 aliphatic carbocycles. The van der Waals surface area contributed by atoms with Crippen molar-refractivity contribution in [3.8, 4) is 0 Å². The summed E-state index contributed by atoms with van der Waals surface area (Å²) in [7, 11) is 0. The standard InChI is InChI=1S/C16H18Cl2N4O/c1-10(2)7-14-19-20-15-9-21(5-6-22(14)15)16(23)12-4-3-11(17)8-13(12)18/h3-4,8,10H,5-7,9H2,1-2H3. The molecule has 3 rings (SSSR count). The Labute approximate surface area is 145 Å². The fraction of sp³-hybridized carbons (Fsp3) is 0.438. The van der Waals surface area contributed by atoms with Crippen LogP contribution in [0.25, 0.3) is 0 Å². The summed E-state index contributed by atoms with van der Waals surface area (Å²) >= 11 is 12.0. The van der Waals surface area contributed by atoms with Crippen molar-refractivity contribution >= 4 is 29.1 Å². The number of fused-ring (bicyclic) bond motifs is 1. The van der Waals surface area contributed by atoms with Gasteiger partial charge < -0.3 is 9.47 Å². The predicted molar refractivity (Wildman–Crippen MR) is 89.8 cm³/mol. The summed E-state index contributed by atoms with van der Waals surface area (Å²) in [4.78, 5) is 14.4. The maximum atomic E-state index is 12.7. The summed E-state index contributed by atoms with van der Waals surface area (Å²) < 4.78 is 2.12. The van der Waals surface area contributed by atoms with Crippen LogP contribution in [0.1, 0.15) is 35.9 Å². The lowest BCUT2D eigenvalue weighted by Crippen LogP contribution is -2.39. The van der Waals surface area contributed by atoms with Crippen molar-refractivity contribution in [1.82, 2.24) is 19.7 Å². The van der Waals surface area contributed by atoms with Gasteiger partial charge in [-0.1, -0.05) is 37.0 Å². The molecule has 0 N–H and O–H groups in total. The summed E-state index contributed by atoms with van der Waals surface area (Å²) in [6, 6.07) is 4.92. The summed E-state index contributed by atoms with van der Waals surface area (Å²) in [5, 5.41) is 9.39. The number of amides is 1. The number of benzene rings is 1. The minimum atomic E-state index is -0.105. The van der Waals surface area contributed by atoms with Crippen LogP contribution < -0.4 is 0 Å². The Hall–Kier alpha value is -1.59. The van der Waals surface area contributed by atoms with Gasteiger partial charge in [-0.15, -0.1) is 10.2 Å². The molecule has 1 aliphatic heterocycles. The molecule has 7 heteroatoms. The van der Waals surface area contributed by atoms with E-state index in [2.05, 4.69) is 28.6 Å². The highest BCUT2D eigenvalue weighted by molar-refractivity contribution is 6.36.